The summed E-state index contributed by atoms with van der Waals surface area (Å²) in [4.78, 5) is 14.0. The Morgan fingerprint density at radius 1 is 1.69 bits per heavy atom. The van der Waals surface area contributed by atoms with Gasteiger partial charge >= 0.3 is 0 Å². The summed E-state index contributed by atoms with van der Waals surface area (Å²) >= 11 is 0. The fourth-order valence-electron chi connectivity index (χ4n) is 1.01. The number of hydrogen-bond donors (Lipinski definition) is 0. The molecule has 1 heterocycles. The molecule has 0 fully saturated rings. The predicted octanol–water partition coefficient (Wildman–Crippen LogP) is 1.56. The van der Waals surface area contributed by atoms with Gasteiger partial charge in [0.2, 0.25) is 0 Å². The van der Waals surface area contributed by atoms with Gasteiger partial charge in [-0.15, -0.1) is 0 Å². The van der Waals surface area contributed by atoms with E-state index in [9.17, 15) is 10.1 Å². The molecule has 70 valence electrons. The molecule has 1 rings (SSSR count). The Balaban J connectivity index is 3.18. The number of aryl methyl sites for hydroxylation is 1. The summed E-state index contributed by atoms with van der Waals surface area (Å²) in [5.74, 6) is 0.406. The van der Waals surface area contributed by atoms with Crippen LogP contribution in [-0.4, -0.2) is 17.0 Å². The lowest BCUT2D eigenvalue weighted by Crippen LogP contribution is -1.98. The van der Waals surface area contributed by atoms with E-state index < -0.39 is 4.92 Å². The molecule has 1 aromatic heterocycles. The van der Waals surface area contributed by atoms with Crippen molar-refractivity contribution in [2.75, 3.05) is 7.11 Å². The third kappa shape index (κ3) is 1.93. The van der Waals surface area contributed by atoms with Gasteiger partial charge in [0.25, 0.3) is 5.69 Å². The van der Waals surface area contributed by atoms with Gasteiger partial charge in [-0.25, -0.2) is 0 Å². The number of hydrogen-bond acceptors (Lipinski definition) is 4. The summed E-state index contributed by atoms with van der Waals surface area (Å²) < 4.78 is 4.84. The standard InChI is InChI=1S/C8H10N2O3/c1-3-7-8(10(11)12)4-6(13-2)5-9-7/h4-5H,3H2,1-2H3. The molecule has 5 heteroatoms. The molecule has 0 unspecified atom stereocenters. The lowest BCUT2D eigenvalue weighted by molar-refractivity contribution is -0.386. The van der Waals surface area contributed by atoms with E-state index in [0.717, 1.165) is 0 Å². The van der Waals surface area contributed by atoms with E-state index in [-0.39, 0.29) is 5.69 Å². The second-order valence-corrected chi connectivity index (χ2v) is 2.45. The second kappa shape index (κ2) is 3.84. The zero-order valence-electron chi connectivity index (χ0n) is 7.48. The highest BCUT2D eigenvalue weighted by Gasteiger charge is 2.14. The molecule has 0 aliphatic heterocycles. The molecule has 0 amide bonds. The summed E-state index contributed by atoms with van der Waals surface area (Å²) in [5, 5.41) is 10.6. The molecule has 13 heavy (non-hydrogen) atoms. The quantitative estimate of drug-likeness (QED) is 0.525. The molecule has 0 N–H and O–H groups in total. The largest absolute Gasteiger partial charge is 0.495 e. The molecule has 0 aliphatic rings. The maximum absolute atomic E-state index is 10.6. The Morgan fingerprint density at radius 3 is 2.85 bits per heavy atom. The van der Waals surface area contributed by atoms with Crippen LogP contribution in [0.5, 0.6) is 5.75 Å². The van der Waals surface area contributed by atoms with Crippen molar-refractivity contribution in [3.05, 3.63) is 28.1 Å². The van der Waals surface area contributed by atoms with Crippen molar-refractivity contribution in [1.29, 1.82) is 0 Å². The topological polar surface area (TPSA) is 65.3 Å². The van der Waals surface area contributed by atoms with Crippen LogP contribution in [0, 0.1) is 10.1 Å². The van der Waals surface area contributed by atoms with Crippen molar-refractivity contribution in [3.63, 3.8) is 0 Å². The van der Waals surface area contributed by atoms with Crippen LogP contribution < -0.4 is 4.74 Å². The van der Waals surface area contributed by atoms with Gasteiger partial charge in [-0.05, 0) is 6.42 Å². The second-order valence-electron chi connectivity index (χ2n) is 2.45. The smallest absolute Gasteiger partial charge is 0.294 e. The van der Waals surface area contributed by atoms with Gasteiger partial charge in [-0.3, -0.25) is 15.1 Å². The minimum Gasteiger partial charge on any atom is -0.495 e. The molecule has 5 nitrogen and oxygen atoms in total. The highest BCUT2D eigenvalue weighted by molar-refractivity contribution is 5.40. The zero-order valence-corrected chi connectivity index (χ0v) is 7.48. The van der Waals surface area contributed by atoms with Crippen molar-refractivity contribution in [2.24, 2.45) is 0 Å². The van der Waals surface area contributed by atoms with Crippen molar-refractivity contribution >= 4 is 5.69 Å². The van der Waals surface area contributed by atoms with Crippen molar-refractivity contribution in [2.45, 2.75) is 13.3 Å². The third-order valence-corrected chi connectivity index (χ3v) is 1.69. The number of rotatable bonds is 3. The first-order chi connectivity index (χ1) is 6.19. The highest BCUT2D eigenvalue weighted by atomic mass is 16.6. The van der Waals surface area contributed by atoms with Gasteiger partial charge < -0.3 is 4.74 Å². The molecule has 0 saturated heterocycles. The van der Waals surface area contributed by atoms with Crippen LogP contribution in [0.4, 0.5) is 5.69 Å². The average molecular weight is 182 g/mol. The normalized spacial score (nSPS) is 9.69. The summed E-state index contributed by atoms with van der Waals surface area (Å²) in [5.41, 5.74) is 0.493. The fraction of sp³-hybridized carbons (Fsp3) is 0.375. The van der Waals surface area contributed by atoms with E-state index in [4.69, 9.17) is 4.74 Å². The summed E-state index contributed by atoms with van der Waals surface area (Å²) in [6.45, 7) is 1.82. The maximum atomic E-state index is 10.6. The molecule has 0 radical (unpaired) electrons. The number of methoxy groups -OCH3 is 1. The summed E-state index contributed by atoms with van der Waals surface area (Å²) in [7, 11) is 1.45. The first-order valence-electron chi connectivity index (χ1n) is 3.86. The van der Waals surface area contributed by atoms with Crippen LogP contribution in [0.3, 0.4) is 0 Å². The Hall–Kier alpha value is -1.65. The minimum absolute atomic E-state index is 0.0156. The summed E-state index contributed by atoms with van der Waals surface area (Å²) in [6, 6.07) is 1.38. The van der Waals surface area contributed by atoms with E-state index in [1.54, 1.807) is 0 Å². The van der Waals surface area contributed by atoms with E-state index in [0.29, 0.717) is 17.9 Å². The van der Waals surface area contributed by atoms with Gasteiger partial charge in [0.1, 0.15) is 11.4 Å². The number of nitro groups is 1. The first kappa shape index (κ1) is 9.44. The lowest BCUT2D eigenvalue weighted by atomic mass is 10.2. The lowest BCUT2D eigenvalue weighted by Gasteiger charge is -2.01. The van der Waals surface area contributed by atoms with Crippen LogP contribution in [-0.2, 0) is 6.42 Å². The molecule has 1 aromatic rings. The molecular formula is C8H10N2O3. The Bertz CT molecular complexity index is 325. The van der Waals surface area contributed by atoms with E-state index in [2.05, 4.69) is 4.98 Å². The molecule has 0 aromatic carbocycles. The Morgan fingerprint density at radius 2 is 2.38 bits per heavy atom. The minimum atomic E-state index is -0.450. The van der Waals surface area contributed by atoms with E-state index in [1.807, 2.05) is 6.92 Å². The van der Waals surface area contributed by atoms with Crippen LogP contribution in [0.15, 0.2) is 12.3 Å². The number of pyridine rings is 1. The molecule has 0 spiro atoms. The van der Waals surface area contributed by atoms with Gasteiger partial charge in [0, 0.05) is 0 Å². The van der Waals surface area contributed by atoms with Crippen LogP contribution in [0.2, 0.25) is 0 Å². The Labute approximate surface area is 75.5 Å². The van der Waals surface area contributed by atoms with Crippen LogP contribution in [0.1, 0.15) is 12.6 Å². The van der Waals surface area contributed by atoms with Gasteiger partial charge in [0.15, 0.2) is 0 Å². The molecule has 0 bridgehead atoms. The van der Waals surface area contributed by atoms with E-state index >= 15 is 0 Å². The number of ether oxygens (including phenoxy) is 1. The van der Waals surface area contributed by atoms with Crippen molar-refractivity contribution in [3.8, 4) is 5.75 Å². The zero-order chi connectivity index (χ0) is 9.84. The highest BCUT2D eigenvalue weighted by Crippen LogP contribution is 2.21. The SMILES string of the molecule is CCc1ncc(OC)cc1[N+](=O)[O-]. The third-order valence-electron chi connectivity index (χ3n) is 1.69. The average Bonchev–Trinajstić information content (AvgIpc) is 2.16. The van der Waals surface area contributed by atoms with Gasteiger partial charge in [0.05, 0.1) is 24.3 Å². The van der Waals surface area contributed by atoms with Crippen molar-refractivity contribution < 1.29 is 9.66 Å². The fourth-order valence-corrected chi connectivity index (χ4v) is 1.01. The van der Waals surface area contributed by atoms with Crippen molar-refractivity contribution in [1.82, 2.24) is 4.98 Å². The molecule has 0 saturated carbocycles. The molecule has 0 atom stereocenters. The number of aromatic nitrogens is 1. The van der Waals surface area contributed by atoms with E-state index in [1.165, 1.54) is 19.4 Å². The predicted molar refractivity (Wildman–Crippen MR) is 46.8 cm³/mol. The maximum Gasteiger partial charge on any atom is 0.294 e. The molecular weight excluding hydrogens is 172 g/mol. The van der Waals surface area contributed by atoms with Gasteiger partial charge in [-0.1, -0.05) is 6.92 Å². The summed E-state index contributed by atoms with van der Waals surface area (Å²) in [6.07, 6.45) is 2.02. The first-order valence-corrected chi connectivity index (χ1v) is 3.86. The van der Waals surface area contributed by atoms with Gasteiger partial charge in [-0.2, -0.15) is 0 Å². The van der Waals surface area contributed by atoms with Crippen LogP contribution in [0.25, 0.3) is 0 Å². The number of nitrogens with zero attached hydrogens (tertiary/aromatic N) is 2. The monoisotopic (exact) mass is 182 g/mol. The Kier molecular flexibility index (Phi) is 2.79. The van der Waals surface area contributed by atoms with Crippen LogP contribution >= 0.6 is 0 Å². The molecule has 0 aliphatic carbocycles.